The Balaban J connectivity index is 1.45. The SMILES string of the molecule is CC(C)(C)c1ccc2c(c1)CCn1nc(-c3ccc(C(=O)Nc4cc(C(F)(F)F)ccn4)c(F)c3)c(C(N)=O)c1N2. The van der Waals surface area contributed by atoms with Crippen LogP contribution in [0.15, 0.2) is 54.7 Å². The molecule has 0 radical (unpaired) electrons. The molecule has 0 saturated heterocycles. The van der Waals surface area contributed by atoms with Crippen molar-refractivity contribution in [3.63, 3.8) is 0 Å². The number of aryl methyl sites for hydroxylation is 2. The Bertz CT molecular complexity index is 1690. The van der Waals surface area contributed by atoms with Gasteiger partial charge in [-0.3, -0.25) is 9.59 Å². The normalized spacial score (nSPS) is 13.0. The van der Waals surface area contributed by atoms with Crippen molar-refractivity contribution in [2.45, 2.75) is 45.3 Å². The first-order valence-electron chi connectivity index (χ1n) is 12.7. The molecule has 5 rings (SSSR count). The summed E-state index contributed by atoms with van der Waals surface area (Å²) >= 11 is 0. The second-order valence-corrected chi connectivity index (χ2v) is 10.7. The third-order valence-electron chi connectivity index (χ3n) is 6.83. The molecule has 2 aromatic heterocycles. The summed E-state index contributed by atoms with van der Waals surface area (Å²) < 4.78 is 55.7. The molecule has 2 aromatic carbocycles. The Morgan fingerprint density at radius 1 is 1.02 bits per heavy atom. The highest BCUT2D eigenvalue weighted by Gasteiger charge is 2.31. The number of amides is 2. The monoisotopic (exact) mass is 566 g/mol. The maximum absolute atomic E-state index is 15.1. The van der Waals surface area contributed by atoms with E-state index in [1.54, 1.807) is 4.68 Å². The van der Waals surface area contributed by atoms with Gasteiger partial charge in [-0.05, 0) is 53.3 Å². The lowest BCUT2D eigenvalue weighted by molar-refractivity contribution is -0.137. The number of alkyl halides is 3. The molecule has 0 spiro atoms. The number of hydrogen-bond donors (Lipinski definition) is 3. The van der Waals surface area contributed by atoms with E-state index in [4.69, 9.17) is 5.73 Å². The molecule has 41 heavy (non-hydrogen) atoms. The first-order chi connectivity index (χ1) is 19.2. The van der Waals surface area contributed by atoms with Gasteiger partial charge < -0.3 is 16.4 Å². The van der Waals surface area contributed by atoms with Crippen LogP contribution in [0.3, 0.4) is 0 Å². The lowest BCUT2D eigenvalue weighted by Crippen LogP contribution is -2.16. The summed E-state index contributed by atoms with van der Waals surface area (Å²) in [6.07, 6.45) is -3.12. The number of halogens is 4. The van der Waals surface area contributed by atoms with Crippen molar-refractivity contribution in [3.05, 3.63) is 88.4 Å². The van der Waals surface area contributed by atoms with Crippen molar-refractivity contribution >= 4 is 29.1 Å². The van der Waals surface area contributed by atoms with E-state index >= 15 is 4.39 Å². The van der Waals surface area contributed by atoms with Crippen LogP contribution in [-0.4, -0.2) is 26.6 Å². The summed E-state index contributed by atoms with van der Waals surface area (Å²) in [6, 6.07) is 11.0. The van der Waals surface area contributed by atoms with Crippen LogP contribution in [-0.2, 0) is 24.6 Å². The molecule has 0 bridgehead atoms. The van der Waals surface area contributed by atoms with E-state index in [2.05, 4.69) is 47.6 Å². The number of anilines is 3. The largest absolute Gasteiger partial charge is 0.416 e. The van der Waals surface area contributed by atoms with Crippen LogP contribution in [0.1, 0.15) is 58.2 Å². The lowest BCUT2D eigenvalue weighted by Gasteiger charge is -2.21. The minimum Gasteiger partial charge on any atom is -0.365 e. The van der Waals surface area contributed by atoms with Crippen molar-refractivity contribution in [1.29, 1.82) is 0 Å². The maximum atomic E-state index is 15.1. The van der Waals surface area contributed by atoms with Crippen LogP contribution in [0.25, 0.3) is 11.3 Å². The minimum atomic E-state index is -4.64. The van der Waals surface area contributed by atoms with Gasteiger partial charge in [0.1, 0.15) is 28.7 Å². The summed E-state index contributed by atoms with van der Waals surface area (Å²) in [7, 11) is 0. The third-order valence-corrected chi connectivity index (χ3v) is 6.83. The zero-order chi connectivity index (χ0) is 29.7. The molecule has 0 atom stereocenters. The highest BCUT2D eigenvalue weighted by molar-refractivity contribution is 6.06. The Morgan fingerprint density at radius 2 is 1.78 bits per heavy atom. The van der Waals surface area contributed by atoms with E-state index in [0.29, 0.717) is 24.8 Å². The van der Waals surface area contributed by atoms with Crippen LogP contribution >= 0.6 is 0 Å². The second-order valence-electron chi connectivity index (χ2n) is 10.7. The van der Waals surface area contributed by atoms with Gasteiger partial charge in [-0.1, -0.05) is 39.0 Å². The predicted molar refractivity (Wildman–Crippen MR) is 145 cm³/mol. The van der Waals surface area contributed by atoms with Gasteiger partial charge in [0.25, 0.3) is 11.8 Å². The summed E-state index contributed by atoms with van der Waals surface area (Å²) in [5, 5.41) is 9.98. The number of carbonyl (C=O) groups is 2. The number of rotatable bonds is 4. The lowest BCUT2D eigenvalue weighted by atomic mass is 9.85. The molecule has 12 heteroatoms. The fourth-order valence-electron chi connectivity index (χ4n) is 4.63. The zero-order valence-electron chi connectivity index (χ0n) is 22.4. The van der Waals surface area contributed by atoms with Gasteiger partial charge >= 0.3 is 6.18 Å². The number of benzene rings is 2. The smallest absolute Gasteiger partial charge is 0.365 e. The number of fused-ring (bicyclic) bond motifs is 2. The first kappa shape index (κ1) is 27.8. The molecule has 4 aromatic rings. The molecule has 3 heterocycles. The standard InChI is InChI=1S/C29H26F4N6O2/c1-28(2,3)17-5-7-21-15(12-17)9-11-39-26(36-21)23(25(34)40)24(38-39)16-4-6-19(20(30)13-16)27(41)37-22-14-18(8-10-35-22)29(31,32)33/h4-8,10,12-14,36H,9,11H2,1-3H3,(H2,34,40)(H,35,37,41). The van der Waals surface area contributed by atoms with Gasteiger partial charge in [-0.15, -0.1) is 0 Å². The Labute approximate surface area is 232 Å². The van der Waals surface area contributed by atoms with E-state index in [-0.39, 0.29) is 28.1 Å². The van der Waals surface area contributed by atoms with Crippen molar-refractivity contribution in [2.75, 3.05) is 10.6 Å². The molecule has 4 N–H and O–H groups in total. The van der Waals surface area contributed by atoms with Gasteiger partial charge in [0, 0.05) is 24.0 Å². The third kappa shape index (κ3) is 5.49. The molecule has 212 valence electrons. The molecular formula is C29H26F4N6O2. The summed E-state index contributed by atoms with van der Waals surface area (Å²) in [4.78, 5) is 28.9. The van der Waals surface area contributed by atoms with Gasteiger partial charge in [0.2, 0.25) is 0 Å². The zero-order valence-corrected chi connectivity index (χ0v) is 22.4. The predicted octanol–water partition coefficient (Wildman–Crippen LogP) is 6.05. The quantitative estimate of drug-likeness (QED) is 0.260. The molecule has 1 aliphatic rings. The van der Waals surface area contributed by atoms with E-state index in [1.165, 1.54) is 6.07 Å². The summed E-state index contributed by atoms with van der Waals surface area (Å²) in [5.74, 6) is -2.76. The number of carbonyl (C=O) groups excluding carboxylic acids is 2. The molecule has 0 unspecified atom stereocenters. The number of hydrogen-bond acceptors (Lipinski definition) is 5. The van der Waals surface area contributed by atoms with Crippen molar-refractivity contribution in [2.24, 2.45) is 5.73 Å². The summed E-state index contributed by atoms with van der Waals surface area (Å²) in [5.41, 5.74) is 7.64. The number of pyridine rings is 1. The summed E-state index contributed by atoms with van der Waals surface area (Å²) in [6.45, 7) is 6.79. The van der Waals surface area contributed by atoms with Crippen LogP contribution in [0.5, 0.6) is 0 Å². The Morgan fingerprint density at radius 3 is 2.44 bits per heavy atom. The molecular weight excluding hydrogens is 540 g/mol. The van der Waals surface area contributed by atoms with Crippen molar-refractivity contribution < 1.29 is 27.2 Å². The number of aromatic nitrogens is 3. The molecule has 1 aliphatic heterocycles. The van der Waals surface area contributed by atoms with E-state index in [9.17, 15) is 22.8 Å². The average Bonchev–Trinajstić information content (AvgIpc) is 3.15. The topological polar surface area (TPSA) is 115 Å². The van der Waals surface area contributed by atoms with Gasteiger partial charge in [0.15, 0.2) is 0 Å². The molecule has 2 amide bonds. The van der Waals surface area contributed by atoms with Crippen LogP contribution in [0, 0.1) is 5.82 Å². The Hall–Kier alpha value is -4.74. The number of nitrogens with zero attached hydrogens (tertiary/aromatic N) is 3. The van der Waals surface area contributed by atoms with Crippen LogP contribution < -0.4 is 16.4 Å². The molecule has 0 saturated carbocycles. The van der Waals surface area contributed by atoms with Gasteiger partial charge in [-0.25, -0.2) is 14.1 Å². The number of nitrogens with two attached hydrogens (primary N) is 1. The highest BCUT2D eigenvalue weighted by Crippen LogP contribution is 2.36. The number of nitrogens with one attached hydrogen (secondary N) is 2. The van der Waals surface area contributed by atoms with E-state index in [0.717, 1.165) is 41.2 Å². The molecule has 8 nitrogen and oxygen atoms in total. The van der Waals surface area contributed by atoms with E-state index in [1.807, 2.05) is 12.1 Å². The fourth-order valence-corrected chi connectivity index (χ4v) is 4.63. The molecule has 0 aliphatic carbocycles. The van der Waals surface area contributed by atoms with Gasteiger partial charge in [-0.2, -0.15) is 18.3 Å². The Kier molecular flexibility index (Phi) is 6.80. The highest BCUT2D eigenvalue weighted by atomic mass is 19.4. The van der Waals surface area contributed by atoms with Gasteiger partial charge in [0.05, 0.1) is 11.1 Å². The van der Waals surface area contributed by atoms with Crippen molar-refractivity contribution in [1.82, 2.24) is 14.8 Å². The fraction of sp³-hybridized carbons (Fsp3) is 0.241. The molecule has 0 fully saturated rings. The van der Waals surface area contributed by atoms with Crippen molar-refractivity contribution in [3.8, 4) is 11.3 Å². The van der Waals surface area contributed by atoms with E-state index < -0.39 is 34.9 Å². The average molecular weight is 567 g/mol. The first-order valence-corrected chi connectivity index (χ1v) is 12.7. The second kappa shape index (κ2) is 10.0. The minimum absolute atomic E-state index is 0.0444. The maximum Gasteiger partial charge on any atom is 0.416 e. The number of primary amides is 1. The van der Waals surface area contributed by atoms with Crippen LogP contribution in [0.4, 0.5) is 34.9 Å². The van der Waals surface area contributed by atoms with Crippen LogP contribution in [0.2, 0.25) is 0 Å².